The molecule has 0 aliphatic carbocycles. The average Bonchev–Trinajstić information content (AvgIpc) is 2.64. The van der Waals surface area contributed by atoms with Crippen molar-refractivity contribution in [1.82, 2.24) is 0 Å². The van der Waals surface area contributed by atoms with E-state index in [9.17, 15) is 17.6 Å². The van der Waals surface area contributed by atoms with Crippen LogP contribution >= 0.6 is 15.9 Å². The quantitative estimate of drug-likeness (QED) is 0.847. The molecule has 110 valence electrons. The van der Waals surface area contributed by atoms with Crippen LogP contribution in [0.25, 0.3) is 0 Å². The van der Waals surface area contributed by atoms with E-state index in [0.717, 1.165) is 6.07 Å². The number of anilines is 1. The Morgan fingerprint density at radius 3 is 2.75 bits per heavy atom. The molecule has 5 nitrogen and oxygen atoms in total. The molecule has 0 radical (unpaired) electrons. The molecule has 0 aromatic heterocycles. The number of primary amides is 1. The van der Waals surface area contributed by atoms with Crippen molar-refractivity contribution >= 4 is 37.4 Å². The molecule has 1 fully saturated rings. The minimum Gasteiger partial charge on any atom is -0.384 e. The normalized spacial score (nSPS) is 20.8. The minimum atomic E-state index is -2.96. The molecule has 0 spiro atoms. The zero-order valence-corrected chi connectivity index (χ0v) is 12.9. The molecule has 1 aromatic rings. The van der Waals surface area contributed by atoms with Crippen molar-refractivity contribution < 1.29 is 17.6 Å². The molecule has 1 aromatic carbocycles. The van der Waals surface area contributed by atoms with Crippen molar-refractivity contribution in [1.29, 1.82) is 0 Å². The summed E-state index contributed by atoms with van der Waals surface area (Å²) in [5, 5.41) is 2.92. The van der Waals surface area contributed by atoms with Gasteiger partial charge < -0.3 is 11.1 Å². The van der Waals surface area contributed by atoms with E-state index in [0.29, 0.717) is 17.4 Å². The molecule has 1 aliphatic rings. The molecule has 8 heteroatoms. The zero-order chi connectivity index (χ0) is 14.9. The van der Waals surface area contributed by atoms with Crippen molar-refractivity contribution in [2.75, 3.05) is 23.4 Å². The largest absolute Gasteiger partial charge is 0.384 e. The van der Waals surface area contributed by atoms with E-state index in [2.05, 4.69) is 21.2 Å². The summed E-state index contributed by atoms with van der Waals surface area (Å²) in [4.78, 5) is 11.3. The molecule has 1 amide bonds. The second-order valence-corrected chi connectivity index (χ2v) is 7.97. The van der Waals surface area contributed by atoms with Crippen LogP contribution in [0.15, 0.2) is 16.6 Å². The number of halogens is 2. The van der Waals surface area contributed by atoms with Gasteiger partial charge in [-0.2, -0.15) is 0 Å². The Morgan fingerprint density at radius 1 is 1.50 bits per heavy atom. The molecule has 3 N–H and O–H groups in total. The predicted octanol–water partition coefficient (Wildman–Crippen LogP) is 1.53. The first-order chi connectivity index (χ1) is 9.28. The average molecular weight is 365 g/mol. The minimum absolute atomic E-state index is 0.0391. The summed E-state index contributed by atoms with van der Waals surface area (Å²) in [6.45, 7) is 0.357. The number of hydrogen-bond acceptors (Lipinski definition) is 4. The highest BCUT2D eigenvalue weighted by molar-refractivity contribution is 9.10. The van der Waals surface area contributed by atoms with Crippen LogP contribution in [0.4, 0.5) is 10.1 Å². The Balaban J connectivity index is 2.15. The van der Waals surface area contributed by atoms with Gasteiger partial charge in [0.25, 0.3) is 5.91 Å². The molecule has 0 bridgehead atoms. The van der Waals surface area contributed by atoms with Gasteiger partial charge in [-0.15, -0.1) is 0 Å². The van der Waals surface area contributed by atoms with Crippen molar-refractivity contribution in [3.05, 3.63) is 28.0 Å². The maximum absolute atomic E-state index is 13.7. The first-order valence-electron chi connectivity index (χ1n) is 6.01. The number of benzene rings is 1. The van der Waals surface area contributed by atoms with Gasteiger partial charge in [0.15, 0.2) is 9.84 Å². The molecule has 1 heterocycles. The van der Waals surface area contributed by atoms with Gasteiger partial charge in [-0.25, -0.2) is 12.8 Å². The first-order valence-corrected chi connectivity index (χ1v) is 8.63. The van der Waals surface area contributed by atoms with Crippen molar-refractivity contribution in [2.45, 2.75) is 6.42 Å². The second kappa shape index (κ2) is 5.69. The van der Waals surface area contributed by atoms with E-state index >= 15 is 0 Å². The van der Waals surface area contributed by atoms with Crippen LogP contribution < -0.4 is 11.1 Å². The number of nitrogens with two attached hydrogens (primary N) is 1. The lowest BCUT2D eigenvalue weighted by Gasteiger charge is -2.14. The molecule has 1 atom stereocenters. The van der Waals surface area contributed by atoms with Crippen LogP contribution in [0.1, 0.15) is 16.8 Å². The number of carbonyl (C=O) groups excluding carboxylic acids is 1. The highest BCUT2D eigenvalue weighted by Crippen LogP contribution is 2.26. The number of rotatable bonds is 4. The number of sulfone groups is 1. The summed E-state index contributed by atoms with van der Waals surface area (Å²) in [5.41, 5.74) is 5.22. The Kier molecular flexibility index (Phi) is 4.33. The Bertz CT molecular complexity index is 648. The second-order valence-electron chi connectivity index (χ2n) is 4.82. The molecule has 1 unspecified atom stereocenters. The highest BCUT2D eigenvalue weighted by Gasteiger charge is 2.28. The summed E-state index contributed by atoms with van der Waals surface area (Å²) in [6.07, 6.45) is 0.567. The van der Waals surface area contributed by atoms with Gasteiger partial charge >= 0.3 is 0 Å². The summed E-state index contributed by atoms with van der Waals surface area (Å²) in [5.74, 6) is -1.33. The molecular weight excluding hydrogens is 351 g/mol. The lowest BCUT2D eigenvalue weighted by atomic mass is 10.1. The molecule has 2 rings (SSSR count). The van der Waals surface area contributed by atoms with Crippen LogP contribution in [0.3, 0.4) is 0 Å². The van der Waals surface area contributed by atoms with E-state index < -0.39 is 21.6 Å². The molecule has 1 saturated heterocycles. The maximum atomic E-state index is 13.7. The zero-order valence-electron chi connectivity index (χ0n) is 10.5. The summed E-state index contributed by atoms with van der Waals surface area (Å²) in [7, 11) is -2.96. The molecule has 1 aliphatic heterocycles. The highest BCUT2D eigenvalue weighted by atomic mass is 79.9. The third-order valence-electron chi connectivity index (χ3n) is 3.21. The number of carbonyl (C=O) groups is 1. The lowest BCUT2D eigenvalue weighted by molar-refractivity contribution is 0.0997. The van der Waals surface area contributed by atoms with Crippen LogP contribution in [-0.2, 0) is 9.84 Å². The van der Waals surface area contributed by atoms with Gasteiger partial charge in [0.2, 0.25) is 0 Å². The van der Waals surface area contributed by atoms with Crippen LogP contribution in [0.5, 0.6) is 0 Å². The standard InChI is InChI=1S/C12H14BrFN2O3S/c13-8-3-9(14)11(12(15)17)10(4-8)16-5-7-1-2-20(18,19)6-7/h3-4,7,16H,1-2,5-6H2,(H2,15,17). The molecule has 0 saturated carbocycles. The maximum Gasteiger partial charge on any atom is 0.253 e. The van der Waals surface area contributed by atoms with E-state index in [4.69, 9.17) is 5.73 Å². The van der Waals surface area contributed by atoms with E-state index in [1.54, 1.807) is 6.07 Å². The van der Waals surface area contributed by atoms with E-state index in [1.165, 1.54) is 0 Å². The Labute approximate surface area is 124 Å². The Morgan fingerprint density at radius 2 is 2.20 bits per heavy atom. The van der Waals surface area contributed by atoms with Crippen molar-refractivity contribution in [2.24, 2.45) is 11.7 Å². The van der Waals surface area contributed by atoms with Crippen LogP contribution in [0.2, 0.25) is 0 Å². The summed E-state index contributed by atoms with van der Waals surface area (Å²) < 4.78 is 36.9. The van der Waals surface area contributed by atoms with Gasteiger partial charge in [-0.3, -0.25) is 4.79 Å². The van der Waals surface area contributed by atoms with E-state index in [-0.39, 0.29) is 28.7 Å². The topological polar surface area (TPSA) is 89.3 Å². The fraction of sp³-hybridized carbons (Fsp3) is 0.417. The van der Waals surface area contributed by atoms with Gasteiger partial charge in [0.05, 0.1) is 22.8 Å². The van der Waals surface area contributed by atoms with Crippen molar-refractivity contribution in [3.8, 4) is 0 Å². The molecular formula is C12H14BrFN2O3S. The van der Waals surface area contributed by atoms with Gasteiger partial charge in [-0.05, 0) is 24.5 Å². The van der Waals surface area contributed by atoms with E-state index in [1.807, 2.05) is 0 Å². The first kappa shape index (κ1) is 15.2. The predicted molar refractivity (Wildman–Crippen MR) is 77.9 cm³/mol. The van der Waals surface area contributed by atoms with Gasteiger partial charge in [0.1, 0.15) is 5.82 Å². The third-order valence-corrected chi connectivity index (χ3v) is 5.50. The number of nitrogens with one attached hydrogen (secondary N) is 1. The molecule has 20 heavy (non-hydrogen) atoms. The monoisotopic (exact) mass is 364 g/mol. The smallest absolute Gasteiger partial charge is 0.253 e. The third kappa shape index (κ3) is 3.49. The van der Waals surface area contributed by atoms with Gasteiger partial charge in [-0.1, -0.05) is 15.9 Å². The van der Waals surface area contributed by atoms with Crippen molar-refractivity contribution in [3.63, 3.8) is 0 Å². The van der Waals surface area contributed by atoms with Gasteiger partial charge in [0, 0.05) is 11.0 Å². The fourth-order valence-corrected chi connectivity index (χ4v) is 4.54. The van der Waals surface area contributed by atoms with Crippen LogP contribution in [-0.4, -0.2) is 32.4 Å². The van der Waals surface area contributed by atoms with Crippen LogP contribution in [0, 0.1) is 11.7 Å². The summed E-state index contributed by atoms with van der Waals surface area (Å²) >= 11 is 3.14. The number of amides is 1. The SMILES string of the molecule is NC(=O)c1c(F)cc(Br)cc1NCC1CCS(=O)(=O)C1. The number of hydrogen-bond donors (Lipinski definition) is 2. The lowest BCUT2D eigenvalue weighted by Crippen LogP contribution is -2.20. The fourth-order valence-electron chi connectivity index (χ4n) is 2.25. The Hall–Kier alpha value is -1.15. The summed E-state index contributed by atoms with van der Waals surface area (Å²) in [6, 6.07) is 2.71.